The lowest BCUT2D eigenvalue weighted by molar-refractivity contribution is 0.887. The molecular weight excluding hydrogens is 332 g/mol. The van der Waals surface area contributed by atoms with Crippen LogP contribution in [0.4, 0.5) is 0 Å². The Morgan fingerprint density at radius 2 is 1.88 bits per heavy atom. The Hall–Kier alpha value is -1.78. The van der Waals surface area contributed by atoms with Crippen molar-refractivity contribution in [2.75, 3.05) is 12.3 Å². The van der Waals surface area contributed by atoms with E-state index in [4.69, 9.17) is 12.2 Å². The number of thiocarbonyl (C=S) groups is 1. The lowest BCUT2D eigenvalue weighted by Crippen LogP contribution is -2.21. The van der Waals surface area contributed by atoms with Gasteiger partial charge in [0.25, 0.3) is 0 Å². The van der Waals surface area contributed by atoms with Gasteiger partial charge in [-0.1, -0.05) is 72.0 Å². The van der Waals surface area contributed by atoms with Crippen molar-refractivity contribution < 1.29 is 0 Å². The summed E-state index contributed by atoms with van der Waals surface area (Å²) in [5.74, 6) is 1.02. The van der Waals surface area contributed by atoms with Crippen molar-refractivity contribution in [3.8, 4) is 0 Å². The number of aryl methyl sites for hydroxylation is 2. The second kappa shape index (κ2) is 8.36. The van der Waals surface area contributed by atoms with Crippen LogP contribution in [0.1, 0.15) is 16.7 Å². The first-order valence-electron chi connectivity index (χ1n) is 8.23. The van der Waals surface area contributed by atoms with E-state index in [0.29, 0.717) is 0 Å². The van der Waals surface area contributed by atoms with Gasteiger partial charge in [-0.2, -0.15) is 0 Å². The predicted octanol–water partition coefficient (Wildman–Crippen LogP) is 4.87. The van der Waals surface area contributed by atoms with E-state index in [1.54, 1.807) is 11.8 Å². The van der Waals surface area contributed by atoms with Gasteiger partial charge in [0, 0.05) is 29.4 Å². The Bertz CT molecular complexity index is 806. The molecule has 24 heavy (non-hydrogen) atoms. The molecule has 0 spiro atoms. The van der Waals surface area contributed by atoms with Gasteiger partial charge in [0.05, 0.1) is 0 Å². The van der Waals surface area contributed by atoms with Crippen LogP contribution in [0.2, 0.25) is 0 Å². The zero-order chi connectivity index (χ0) is 16.8. The van der Waals surface area contributed by atoms with Crippen LogP contribution in [0.25, 0.3) is 10.9 Å². The smallest absolute Gasteiger partial charge is 0.133 e. The first-order valence-corrected chi connectivity index (χ1v) is 9.63. The summed E-state index contributed by atoms with van der Waals surface area (Å²) in [7, 11) is 0. The highest BCUT2D eigenvalue weighted by Gasteiger charge is 2.03. The van der Waals surface area contributed by atoms with Crippen molar-refractivity contribution in [3.63, 3.8) is 0 Å². The first kappa shape index (κ1) is 17.1. The number of aromatic nitrogens is 1. The van der Waals surface area contributed by atoms with Crippen LogP contribution in [0.5, 0.6) is 0 Å². The lowest BCUT2D eigenvalue weighted by atomic mass is 10.1. The van der Waals surface area contributed by atoms with Crippen LogP contribution in [-0.2, 0) is 12.8 Å². The molecule has 0 saturated carbocycles. The maximum Gasteiger partial charge on any atom is 0.133 e. The summed E-state index contributed by atoms with van der Waals surface area (Å²) in [5.41, 5.74) is 5.21. The zero-order valence-electron chi connectivity index (χ0n) is 13.8. The van der Waals surface area contributed by atoms with Crippen LogP contribution in [0.3, 0.4) is 0 Å². The minimum Gasteiger partial charge on any atom is -0.371 e. The molecule has 0 amide bonds. The number of hydrogen-bond donors (Lipinski definition) is 2. The number of benzene rings is 2. The van der Waals surface area contributed by atoms with Gasteiger partial charge >= 0.3 is 0 Å². The molecule has 0 aliphatic rings. The molecule has 3 rings (SSSR count). The molecule has 0 aliphatic carbocycles. The fraction of sp³-hybridized carbons (Fsp3) is 0.250. The Labute approximate surface area is 153 Å². The van der Waals surface area contributed by atoms with Crippen molar-refractivity contribution >= 4 is 39.2 Å². The molecule has 0 aliphatic heterocycles. The Balaban J connectivity index is 1.39. The molecule has 4 heteroatoms. The Kier molecular flexibility index (Phi) is 5.94. The van der Waals surface area contributed by atoms with Gasteiger partial charge in [0.1, 0.15) is 4.32 Å². The molecule has 0 atom stereocenters. The number of H-pyrrole nitrogens is 1. The van der Waals surface area contributed by atoms with Gasteiger partial charge in [0.2, 0.25) is 0 Å². The van der Waals surface area contributed by atoms with Gasteiger partial charge in [-0.3, -0.25) is 0 Å². The number of fused-ring (bicyclic) bond motifs is 1. The number of hydrogen-bond acceptors (Lipinski definition) is 2. The average Bonchev–Trinajstić information content (AvgIpc) is 3.00. The minimum atomic E-state index is 0.873. The normalized spacial score (nSPS) is 10.9. The molecule has 0 unspecified atom stereocenters. The fourth-order valence-electron chi connectivity index (χ4n) is 2.71. The highest BCUT2D eigenvalue weighted by Crippen LogP contribution is 2.17. The summed E-state index contributed by atoms with van der Waals surface area (Å²) in [6.45, 7) is 2.99. The van der Waals surface area contributed by atoms with Gasteiger partial charge in [-0.05, 0) is 37.0 Å². The number of thioether (sulfide) groups is 1. The summed E-state index contributed by atoms with van der Waals surface area (Å²) in [6.07, 6.45) is 4.12. The van der Waals surface area contributed by atoms with E-state index in [-0.39, 0.29) is 0 Å². The molecule has 124 valence electrons. The SMILES string of the molecule is Cc1ccc(CCSC(=S)NCCc2c[nH]c3ccccc23)cc1. The van der Waals surface area contributed by atoms with Gasteiger partial charge in [0.15, 0.2) is 0 Å². The molecule has 3 aromatic rings. The maximum absolute atomic E-state index is 5.42. The molecule has 0 fully saturated rings. The third kappa shape index (κ3) is 4.62. The highest BCUT2D eigenvalue weighted by molar-refractivity contribution is 8.22. The summed E-state index contributed by atoms with van der Waals surface area (Å²) in [6, 6.07) is 17.1. The van der Waals surface area contributed by atoms with Crippen molar-refractivity contribution in [2.45, 2.75) is 19.8 Å². The zero-order valence-corrected chi connectivity index (χ0v) is 15.5. The van der Waals surface area contributed by atoms with Crippen LogP contribution in [0, 0.1) is 6.92 Å². The molecule has 1 aromatic heterocycles. The minimum absolute atomic E-state index is 0.873. The number of nitrogens with one attached hydrogen (secondary N) is 2. The average molecular weight is 355 g/mol. The topological polar surface area (TPSA) is 27.8 Å². The van der Waals surface area contributed by atoms with Gasteiger partial charge in [-0.25, -0.2) is 0 Å². The summed E-state index contributed by atoms with van der Waals surface area (Å²) < 4.78 is 0.891. The van der Waals surface area contributed by atoms with Crippen molar-refractivity contribution in [2.24, 2.45) is 0 Å². The van der Waals surface area contributed by atoms with Crippen molar-refractivity contribution in [1.29, 1.82) is 0 Å². The molecule has 2 nitrogen and oxygen atoms in total. The number of aromatic amines is 1. The van der Waals surface area contributed by atoms with E-state index in [2.05, 4.69) is 72.0 Å². The molecule has 2 aromatic carbocycles. The molecule has 0 radical (unpaired) electrons. The van der Waals surface area contributed by atoms with Crippen molar-refractivity contribution in [1.82, 2.24) is 10.3 Å². The molecule has 1 heterocycles. The van der Waals surface area contributed by atoms with Gasteiger partial charge < -0.3 is 10.3 Å². The second-order valence-corrected chi connectivity index (χ2v) is 7.68. The number of rotatable bonds is 6. The van der Waals surface area contributed by atoms with Crippen LogP contribution >= 0.6 is 24.0 Å². The Morgan fingerprint density at radius 1 is 1.08 bits per heavy atom. The third-order valence-electron chi connectivity index (χ3n) is 4.08. The Morgan fingerprint density at radius 3 is 2.71 bits per heavy atom. The second-order valence-electron chi connectivity index (χ2n) is 5.91. The van der Waals surface area contributed by atoms with Gasteiger partial charge in [-0.15, -0.1) is 0 Å². The summed E-state index contributed by atoms with van der Waals surface area (Å²) >= 11 is 7.15. The van der Waals surface area contributed by atoms with Crippen LogP contribution in [0.15, 0.2) is 54.7 Å². The standard InChI is InChI=1S/C20H22N2S2/c1-15-6-8-16(9-7-15)11-13-24-20(23)21-12-10-17-14-22-19-5-3-2-4-18(17)19/h2-9,14,22H,10-13H2,1H3,(H,21,23). The lowest BCUT2D eigenvalue weighted by Gasteiger charge is -2.07. The molecule has 2 N–H and O–H groups in total. The predicted molar refractivity (Wildman–Crippen MR) is 110 cm³/mol. The largest absolute Gasteiger partial charge is 0.371 e. The third-order valence-corrected chi connectivity index (χ3v) is 5.40. The van der Waals surface area contributed by atoms with Crippen LogP contribution < -0.4 is 5.32 Å². The van der Waals surface area contributed by atoms with E-state index in [1.165, 1.54) is 27.6 Å². The molecule has 0 saturated heterocycles. The quantitative estimate of drug-likeness (QED) is 0.619. The van der Waals surface area contributed by atoms with Crippen LogP contribution in [-0.4, -0.2) is 21.6 Å². The van der Waals surface area contributed by atoms with E-state index in [1.807, 2.05) is 0 Å². The molecular formula is C20H22N2S2. The summed E-state index contributed by atoms with van der Waals surface area (Å²) in [5, 5.41) is 4.66. The molecule has 0 bridgehead atoms. The van der Waals surface area contributed by atoms with E-state index in [9.17, 15) is 0 Å². The number of para-hydroxylation sites is 1. The maximum atomic E-state index is 5.42. The van der Waals surface area contributed by atoms with E-state index >= 15 is 0 Å². The summed E-state index contributed by atoms with van der Waals surface area (Å²) in [4.78, 5) is 3.32. The van der Waals surface area contributed by atoms with E-state index in [0.717, 1.165) is 29.5 Å². The van der Waals surface area contributed by atoms with Crippen molar-refractivity contribution in [3.05, 3.63) is 71.4 Å². The monoisotopic (exact) mass is 354 g/mol. The highest BCUT2D eigenvalue weighted by atomic mass is 32.2. The van der Waals surface area contributed by atoms with E-state index < -0.39 is 0 Å². The first-order chi connectivity index (χ1) is 11.7. The fourth-order valence-corrected chi connectivity index (χ4v) is 3.78.